The number of nitrogens with zero attached hydrogens (tertiary/aromatic N) is 1. The van der Waals surface area contributed by atoms with E-state index in [9.17, 15) is 13.6 Å². The molecule has 3 rings (SSSR count). The molecule has 0 atom stereocenters. The van der Waals surface area contributed by atoms with Crippen LogP contribution in [0.4, 0.5) is 8.78 Å². The average molecular weight is 376 g/mol. The normalized spacial score (nSPS) is 13.8. The molecule has 1 fully saturated rings. The number of primary amides is 1. The third-order valence-corrected chi connectivity index (χ3v) is 4.52. The number of nitrogens with two attached hydrogens (primary N) is 1. The van der Waals surface area contributed by atoms with Crippen LogP contribution >= 0.6 is 0 Å². The third-order valence-electron chi connectivity index (χ3n) is 4.52. The van der Waals surface area contributed by atoms with E-state index in [-0.39, 0.29) is 11.5 Å². The second kappa shape index (κ2) is 8.35. The molecule has 0 radical (unpaired) electrons. The fraction of sp³-hybridized carbons (Fsp3) is 0.350. The van der Waals surface area contributed by atoms with Crippen molar-refractivity contribution in [1.29, 1.82) is 0 Å². The summed E-state index contributed by atoms with van der Waals surface area (Å²) in [4.78, 5) is 13.5. The van der Waals surface area contributed by atoms with Crippen LogP contribution in [0.15, 0.2) is 42.5 Å². The molecule has 0 aromatic heterocycles. The fourth-order valence-electron chi connectivity index (χ4n) is 3.00. The minimum Gasteiger partial charge on any atom is -0.493 e. The first-order chi connectivity index (χ1) is 13.0. The SMILES string of the molecule is COc1cc(CN(Cc2ccc(C(N)=O)cc2)C2CC2)ccc1OC(F)F. The van der Waals surface area contributed by atoms with Crippen molar-refractivity contribution < 1.29 is 23.0 Å². The number of amides is 1. The Morgan fingerprint density at radius 1 is 1.11 bits per heavy atom. The van der Waals surface area contributed by atoms with E-state index in [2.05, 4.69) is 9.64 Å². The summed E-state index contributed by atoms with van der Waals surface area (Å²) in [6.45, 7) is -1.51. The quantitative estimate of drug-likeness (QED) is 0.727. The summed E-state index contributed by atoms with van der Waals surface area (Å²) >= 11 is 0. The highest BCUT2D eigenvalue weighted by Gasteiger charge is 2.29. The summed E-state index contributed by atoms with van der Waals surface area (Å²) in [6, 6.07) is 12.7. The van der Waals surface area contributed by atoms with Crippen LogP contribution in [0, 0.1) is 0 Å². The topological polar surface area (TPSA) is 64.8 Å². The zero-order valence-corrected chi connectivity index (χ0v) is 15.0. The number of carbonyl (C=O) groups is 1. The van der Waals surface area contributed by atoms with Gasteiger partial charge in [0.15, 0.2) is 11.5 Å². The van der Waals surface area contributed by atoms with Crippen molar-refractivity contribution >= 4 is 5.91 Å². The number of carbonyl (C=O) groups excluding carboxylic acids is 1. The number of hydrogen-bond acceptors (Lipinski definition) is 4. The number of ether oxygens (including phenoxy) is 2. The van der Waals surface area contributed by atoms with Gasteiger partial charge in [-0.3, -0.25) is 9.69 Å². The van der Waals surface area contributed by atoms with Crippen LogP contribution in [-0.4, -0.2) is 30.6 Å². The lowest BCUT2D eigenvalue weighted by Gasteiger charge is -2.23. The van der Waals surface area contributed by atoms with Gasteiger partial charge in [0.25, 0.3) is 0 Å². The van der Waals surface area contributed by atoms with Crippen molar-refractivity contribution in [2.24, 2.45) is 5.73 Å². The molecule has 0 bridgehead atoms. The van der Waals surface area contributed by atoms with Gasteiger partial charge >= 0.3 is 6.61 Å². The van der Waals surface area contributed by atoms with Crippen molar-refractivity contribution in [3.63, 3.8) is 0 Å². The van der Waals surface area contributed by atoms with Gasteiger partial charge in [0.05, 0.1) is 7.11 Å². The molecule has 5 nitrogen and oxygen atoms in total. The molecule has 2 aromatic rings. The van der Waals surface area contributed by atoms with Gasteiger partial charge < -0.3 is 15.2 Å². The second-order valence-electron chi connectivity index (χ2n) is 6.56. The monoisotopic (exact) mass is 376 g/mol. The number of benzene rings is 2. The minimum absolute atomic E-state index is 0.0243. The van der Waals surface area contributed by atoms with Gasteiger partial charge in [0.1, 0.15) is 0 Å². The Labute approximate surface area is 156 Å². The highest BCUT2D eigenvalue weighted by Crippen LogP contribution is 2.33. The maximum atomic E-state index is 12.5. The van der Waals surface area contributed by atoms with Crippen LogP contribution in [0.2, 0.25) is 0 Å². The Morgan fingerprint density at radius 3 is 2.30 bits per heavy atom. The van der Waals surface area contributed by atoms with Crippen LogP contribution < -0.4 is 15.2 Å². The lowest BCUT2D eigenvalue weighted by atomic mass is 10.1. The summed E-state index contributed by atoms with van der Waals surface area (Å²) in [5.41, 5.74) is 7.79. The standard InChI is InChI=1S/C20H22F2N2O3/c1-26-18-10-14(4-9-17(18)27-20(21)22)12-24(16-7-8-16)11-13-2-5-15(6-3-13)19(23)25/h2-6,9-10,16,20H,7-8,11-12H2,1H3,(H2,23,25). The largest absolute Gasteiger partial charge is 0.493 e. The second-order valence-corrected chi connectivity index (χ2v) is 6.56. The Hall–Kier alpha value is -2.67. The number of halogens is 2. The van der Waals surface area contributed by atoms with Crippen LogP contribution in [0.25, 0.3) is 0 Å². The van der Waals surface area contributed by atoms with Crippen LogP contribution in [-0.2, 0) is 13.1 Å². The summed E-state index contributed by atoms with van der Waals surface area (Å²) < 4.78 is 34.6. The summed E-state index contributed by atoms with van der Waals surface area (Å²) in [6.07, 6.45) is 2.26. The Kier molecular flexibility index (Phi) is 5.91. The van der Waals surface area contributed by atoms with Gasteiger partial charge in [0, 0.05) is 24.7 Å². The van der Waals surface area contributed by atoms with Crippen molar-refractivity contribution in [1.82, 2.24) is 4.90 Å². The lowest BCUT2D eigenvalue weighted by molar-refractivity contribution is -0.0512. The maximum absolute atomic E-state index is 12.5. The van der Waals surface area contributed by atoms with E-state index in [0.717, 1.165) is 30.5 Å². The minimum atomic E-state index is -2.89. The van der Waals surface area contributed by atoms with E-state index in [1.165, 1.54) is 13.2 Å². The number of methoxy groups -OCH3 is 1. The van der Waals surface area contributed by atoms with Crippen molar-refractivity contribution in [2.75, 3.05) is 7.11 Å². The van der Waals surface area contributed by atoms with Crippen LogP contribution in [0.3, 0.4) is 0 Å². The van der Waals surface area contributed by atoms with Gasteiger partial charge in [-0.2, -0.15) is 8.78 Å². The highest BCUT2D eigenvalue weighted by atomic mass is 19.3. The van der Waals surface area contributed by atoms with Crippen LogP contribution in [0.1, 0.15) is 34.3 Å². The van der Waals surface area contributed by atoms with E-state index in [1.54, 1.807) is 24.3 Å². The molecule has 0 spiro atoms. The average Bonchev–Trinajstić information content (AvgIpc) is 3.47. The predicted octanol–water partition coefficient (Wildman–Crippen LogP) is 3.56. The number of alkyl halides is 2. The Morgan fingerprint density at radius 2 is 1.74 bits per heavy atom. The van der Waals surface area contributed by atoms with Gasteiger partial charge in [-0.1, -0.05) is 18.2 Å². The van der Waals surface area contributed by atoms with Gasteiger partial charge in [-0.15, -0.1) is 0 Å². The maximum Gasteiger partial charge on any atom is 0.387 e. The first-order valence-corrected chi connectivity index (χ1v) is 8.71. The third kappa shape index (κ3) is 5.17. The van der Waals surface area contributed by atoms with E-state index in [0.29, 0.717) is 18.2 Å². The molecule has 2 aromatic carbocycles. The smallest absolute Gasteiger partial charge is 0.387 e. The molecule has 1 aliphatic carbocycles. The Bertz CT molecular complexity index is 792. The van der Waals surface area contributed by atoms with E-state index in [1.807, 2.05) is 12.1 Å². The van der Waals surface area contributed by atoms with Crippen molar-refractivity contribution in [3.05, 3.63) is 59.2 Å². The molecule has 2 N–H and O–H groups in total. The summed E-state index contributed by atoms with van der Waals surface area (Å²) in [7, 11) is 1.43. The molecule has 27 heavy (non-hydrogen) atoms. The molecule has 0 aliphatic heterocycles. The molecule has 144 valence electrons. The summed E-state index contributed by atoms with van der Waals surface area (Å²) in [5, 5.41) is 0. The predicted molar refractivity (Wildman–Crippen MR) is 96.9 cm³/mol. The zero-order chi connectivity index (χ0) is 19.4. The lowest BCUT2D eigenvalue weighted by Crippen LogP contribution is -2.25. The van der Waals surface area contributed by atoms with Crippen molar-refractivity contribution in [2.45, 2.75) is 38.6 Å². The number of rotatable bonds is 9. The molecule has 7 heteroatoms. The first-order valence-electron chi connectivity index (χ1n) is 8.71. The van der Waals surface area contributed by atoms with E-state index < -0.39 is 12.5 Å². The number of hydrogen-bond donors (Lipinski definition) is 1. The molecule has 1 aliphatic rings. The molecular formula is C20H22F2N2O3. The van der Waals surface area contributed by atoms with E-state index >= 15 is 0 Å². The summed E-state index contributed by atoms with van der Waals surface area (Å²) in [5.74, 6) is -0.135. The molecule has 1 amide bonds. The van der Waals surface area contributed by atoms with Crippen molar-refractivity contribution in [3.8, 4) is 11.5 Å². The first kappa shape index (κ1) is 19.1. The van der Waals surface area contributed by atoms with Gasteiger partial charge in [-0.25, -0.2) is 0 Å². The Balaban J connectivity index is 1.72. The van der Waals surface area contributed by atoms with E-state index in [4.69, 9.17) is 10.5 Å². The van der Waals surface area contributed by atoms with Gasteiger partial charge in [0.2, 0.25) is 5.91 Å². The zero-order valence-electron chi connectivity index (χ0n) is 15.0. The van der Waals surface area contributed by atoms with Gasteiger partial charge in [-0.05, 0) is 48.2 Å². The molecule has 0 heterocycles. The molecule has 0 unspecified atom stereocenters. The molecule has 0 saturated heterocycles. The molecule has 1 saturated carbocycles. The molecular weight excluding hydrogens is 354 g/mol. The van der Waals surface area contributed by atoms with Crippen LogP contribution in [0.5, 0.6) is 11.5 Å². The fourth-order valence-corrected chi connectivity index (χ4v) is 3.00. The highest BCUT2D eigenvalue weighted by molar-refractivity contribution is 5.92.